The molecule has 0 atom stereocenters. The first-order valence-corrected chi connectivity index (χ1v) is 5.28. The highest BCUT2D eigenvalue weighted by atomic mass is 35.5. The first-order chi connectivity index (χ1) is 7.74. The molecule has 0 amide bonds. The maximum absolute atomic E-state index is 5.74. The molecule has 1 aromatic heterocycles. The van der Waals surface area contributed by atoms with Crippen LogP contribution in [0.5, 0.6) is 5.75 Å². The lowest BCUT2D eigenvalue weighted by atomic mass is 10.3. The van der Waals surface area contributed by atoms with Crippen molar-refractivity contribution >= 4 is 17.3 Å². The van der Waals surface area contributed by atoms with Gasteiger partial charge in [-0.3, -0.25) is 4.68 Å². The van der Waals surface area contributed by atoms with E-state index in [4.69, 9.17) is 22.1 Å². The fourth-order valence-electron chi connectivity index (χ4n) is 1.28. The van der Waals surface area contributed by atoms with Gasteiger partial charge in [-0.1, -0.05) is 11.6 Å². The second kappa shape index (κ2) is 4.90. The van der Waals surface area contributed by atoms with Gasteiger partial charge in [-0.15, -0.1) is 0 Å². The SMILES string of the molecule is Nc1ccc(OCCn2cc(Cl)cn2)cc1. The Kier molecular flexibility index (Phi) is 3.31. The summed E-state index contributed by atoms with van der Waals surface area (Å²) in [4.78, 5) is 0. The van der Waals surface area contributed by atoms with Crippen LogP contribution in [-0.2, 0) is 6.54 Å². The number of anilines is 1. The van der Waals surface area contributed by atoms with Crippen molar-refractivity contribution in [3.63, 3.8) is 0 Å². The van der Waals surface area contributed by atoms with E-state index in [0.29, 0.717) is 18.2 Å². The second-order valence-corrected chi connectivity index (χ2v) is 3.78. The molecule has 0 saturated carbocycles. The molecule has 2 rings (SSSR count). The van der Waals surface area contributed by atoms with Crippen LogP contribution in [0.4, 0.5) is 5.69 Å². The fourth-order valence-corrected chi connectivity index (χ4v) is 1.44. The van der Waals surface area contributed by atoms with E-state index < -0.39 is 0 Å². The maximum Gasteiger partial charge on any atom is 0.119 e. The number of aromatic nitrogens is 2. The number of nitrogens with zero attached hydrogens (tertiary/aromatic N) is 2. The van der Waals surface area contributed by atoms with Crippen molar-refractivity contribution in [2.24, 2.45) is 0 Å². The van der Waals surface area contributed by atoms with Gasteiger partial charge in [0.2, 0.25) is 0 Å². The molecular formula is C11H12ClN3O. The Bertz CT molecular complexity index is 453. The van der Waals surface area contributed by atoms with Gasteiger partial charge in [0.15, 0.2) is 0 Å². The first kappa shape index (κ1) is 10.8. The van der Waals surface area contributed by atoms with Gasteiger partial charge in [0, 0.05) is 11.9 Å². The third kappa shape index (κ3) is 2.90. The van der Waals surface area contributed by atoms with E-state index >= 15 is 0 Å². The molecule has 0 spiro atoms. The topological polar surface area (TPSA) is 53.1 Å². The standard InChI is InChI=1S/C11H12ClN3O/c12-9-7-14-15(8-9)5-6-16-11-3-1-10(13)2-4-11/h1-4,7-8H,5-6,13H2. The molecule has 0 saturated heterocycles. The molecule has 0 aliphatic carbocycles. The van der Waals surface area contributed by atoms with Crippen molar-refractivity contribution in [3.8, 4) is 5.75 Å². The van der Waals surface area contributed by atoms with Crippen LogP contribution in [0.15, 0.2) is 36.7 Å². The molecule has 84 valence electrons. The van der Waals surface area contributed by atoms with Gasteiger partial charge in [0.05, 0.1) is 17.8 Å². The average molecular weight is 238 g/mol. The summed E-state index contributed by atoms with van der Waals surface area (Å²) >= 11 is 5.74. The van der Waals surface area contributed by atoms with Crippen LogP contribution in [0, 0.1) is 0 Å². The van der Waals surface area contributed by atoms with Gasteiger partial charge in [-0.25, -0.2) is 0 Å². The lowest BCUT2D eigenvalue weighted by Crippen LogP contribution is -2.08. The normalized spacial score (nSPS) is 10.3. The molecule has 0 fully saturated rings. The van der Waals surface area contributed by atoms with Gasteiger partial charge < -0.3 is 10.5 Å². The number of hydrogen-bond donors (Lipinski definition) is 1. The average Bonchev–Trinajstić information content (AvgIpc) is 2.67. The number of halogens is 1. The molecule has 0 aliphatic heterocycles. The van der Waals surface area contributed by atoms with Gasteiger partial charge >= 0.3 is 0 Å². The molecule has 1 heterocycles. The number of ether oxygens (including phenoxy) is 1. The van der Waals surface area contributed by atoms with E-state index in [0.717, 1.165) is 11.4 Å². The molecule has 0 bridgehead atoms. The lowest BCUT2D eigenvalue weighted by molar-refractivity contribution is 0.291. The van der Waals surface area contributed by atoms with Crippen LogP contribution in [0.1, 0.15) is 0 Å². The highest BCUT2D eigenvalue weighted by Crippen LogP contribution is 2.13. The van der Waals surface area contributed by atoms with Crippen molar-refractivity contribution in [3.05, 3.63) is 41.7 Å². The molecular weight excluding hydrogens is 226 g/mol. The van der Waals surface area contributed by atoms with Gasteiger partial charge in [0.25, 0.3) is 0 Å². The smallest absolute Gasteiger partial charge is 0.119 e. The third-order valence-corrected chi connectivity index (χ3v) is 2.27. The molecule has 4 nitrogen and oxygen atoms in total. The summed E-state index contributed by atoms with van der Waals surface area (Å²) in [6, 6.07) is 7.29. The zero-order valence-electron chi connectivity index (χ0n) is 8.64. The van der Waals surface area contributed by atoms with E-state index in [-0.39, 0.29) is 0 Å². The van der Waals surface area contributed by atoms with E-state index in [9.17, 15) is 0 Å². The van der Waals surface area contributed by atoms with Crippen LogP contribution in [0.3, 0.4) is 0 Å². The number of rotatable bonds is 4. The summed E-state index contributed by atoms with van der Waals surface area (Å²) < 4.78 is 7.25. The number of hydrogen-bond acceptors (Lipinski definition) is 3. The Morgan fingerprint density at radius 3 is 2.69 bits per heavy atom. The number of benzene rings is 1. The van der Waals surface area contributed by atoms with Gasteiger partial charge in [0.1, 0.15) is 12.4 Å². The Labute approximate surface area is 98.6 Å². The van der Waals surface area contributed by atoms with E-state index in [1.165, 1.54) is 0 Å². The van der Waals surface area contributed by atoms with Crippen LogP contribution in [-0.4, -0.2) is 16.4 Å². The largest absolute Gasteiger partial charge is 0.492 e. The van der Waals surface area contributed by atoms with Gasteiger partial charge in [-0.2, -0.15) is 5.10 Å². The van der Waals surface area contributed by atoms with E-state index in [1.54, 1.807) is 29.2 Å². The summed E-state index contributed by atoms with van der Waals surface area (Å²) in [6.07, 6.45) is 3.36. The monoisotopic (exact) mass is 237 g/mol. The van der Waals surface area contributed by atoms with Crippen molar-refractivity contribution in [2.45, 2.75) is 6.54 Å². The summed E-state index contributed by atoms with van der Waals surface area (Å²) in [7, 11) is 0. The highest BCUT2D eigenvalue weighted by Gasteiger charge is 1.96. The Hall–Kier alpha value is -1.68. The molecule has 2 aromatic rings. The predicted octanol–water partition coefficient (Wildman–Crippen LogP) is 2.20. The van der Waals surface area contributed by atoms with Crippen molar-refractivity contribution in [1.29, 1.82) is 0 Å². The summed E-state index contributed by atoms with van der Waals surface area (Å²) in [5.74, 6) is 0.799. The summed E-state index contributed by atoms with van der Waals surface area (Å²) in [5.41, 5.74) is 6.29. The minimum atomic E-state index is 0.544. The minimum absolute atomic E-state index is 0.544. The Balaban J connectivity index is 1.82. The number of nitrogen functional groups attached to an aromatic ring is 1. The summed E-state index contributed by atoms with van der Waals surface area (Å²) in [5, 5.41) is 4.68. The maximum atomic E-state index is 5.74. The van der Waals surface area contributed by atoms with E-state index in [1.807, 2.05) is 12.1 Å². The fraction of sp³-hybridized carbons (Fsp3) is 0.182. The number of nitrogens with two attached hydrogens (primary N) is 1. The summed E-state index contributed by atoms with van der Waals surface area (Å²) in [6.45, 7) is 1.21. The zero-order chi connectivity index (χ0) is 11.4. The predicted molar refractivity (Wildman–Crippen MR) is 63.6 cm³/mol. The van der Waals surface area contributed by atoms with Crippen LogP contribution < -0.4 is 10.5 Å². The van der Waals surface area contributed by atoms with Crippen molar-refractivity contribution < 1.29 is 4.74 Å². The Morgan fingerprint density at radius 2 is 2.06 bits per heavy atom. The molecule has 0 aliphatic rings. The third-order valence-electron chi connectivity index (χ3n) is 2.07. The Morgan fingerprint density at radius 1 is 1.31 bits per heavy atom. The molecule has 0 radical (unpaired) electrons. The van der Waals surface area contributed by atoms with Crippen molar-refractivity contribution in [1.82, 2.24) is 9.78 Å². The molecule has 2 N–H and O–H groups in total. The first-order valence-electron chi connectivity index (χ1n) is 4.90. The van der Waals surface area contributed by atoms with Gasteiger partial charge in [-0.05, 0) is 24.3 Å². The van der Waals surface area contributed by atoms with E-state index in [2.05, 4.69) is 5.10 Å². The second-order valence-electron chi connectivity index (χ2n) is 3.34. The molecule has 1 aromatic carbocycles. The van der Waals surface area contributed by atoms with Crippen LogP contribution >= 0.6 is 11.6 Å². The van der Waals surface area contributed by atoms with Crippen molar-refractivity contribution in [2.75, 3.05) is 12.3 Å². The zero-order valence-corrected chi connectivity index (χ0v) is 9.39. The van der Waals surface area contributed by atoms with Crippen LogP contribution in [0.2, 0.25) is 5.02 Å². The highest BCUT2D eigenvalue weighted by molar-refractivity contribution is 6.30. The molecule has 0 unspecified atom stereocenters. The van der Waals surface area contributed by atoms with Crippen LogP contribution in [0.25, 0.3) is 0 Å². The minimum Gasteiger partial charge on any atom is -0.492 e. The molecule has 16 heavy (non-hydrogen) atoms. The lowest BCUT2D eigenvalue weighted by Gasteiger charge is -2.06. The quantitative estimate of drug-likeness (QED) is 0.830. The molecule has 5 heteroatoms.